The zero-order chi connectivity index (χ0) is 19.0. The molecule has 0 unspecified atom stereocenters. The van der Waals surface area contributed by atoms with Gasteiger partial charge in [0.2, 0.25) is 0 Å². The average Bonchev–Trinajstić information content (AvgIpc) is 2.67. The Kier molecular flexibility index (Phi) is 4.64. The molecule has 2 aromatic carbocycles. The van der Waals surface area contributed by atoms with Gasteiger partial charge >= 0.3 is 0 Å². The molecule has 2 aromatic heterocycles. The minimum absolute atomic E-state index is 0.220. The Balaban J connectivity index is 2.06. The van der Waals surface area contributed by atoms with Gasteiger partial charge < -0.3 is 0 Å². The summed E-state index contributed by atoms with van der Waals surface area (Å²) in [6, 6.07) is 15.2. The highest BCUT2D eigenvalue weighted by molar-refractivity contribution is 9.10. The number of aryl methyl sites for hydroxylation is 1. The van der Waals surface area contributed by atoms with E-state index in [1.54, 1.807) is 4.52 Å². The molecule has 0 saturated heterocycles. The summed E-state index contributed by atoms with van der Waals surface area (Å²) in [6.07, 6.45) is 0. The maximum atomic E-state index is 12.7. The molecule has 0 radical (unpaired) electrons. The molecule has 4 aromatic rings. The van der Waals surface area contributed by atoms with Crippen LogP contribution in [0.25, 0.3) is 27.8 Å². The average molecular weight is 438 g/mol. The molecule has 0 atom stereocenters. The second-order valence-corrected chi connectivity index (χ2v) is 7.73. The molecule has 6 nitrogen and oxygen atoms in total. The lowest BCUT2D eigenvalue weighted by atomic mass is 10.1. The smallest absolute Gasteiger partial charge is 0.265 e. The molecular formula is C19H12BrN5OS. The van der Waals surface area contributed by atoms with Crippen molar-refractivity contribution in [3.63, 3.8) is 0 Å². The Bertz CT molecular complexity index is 1280. The van der Waals surface area contributed by atoms with Crippen LogP contribution in [0.5, 0.6) is 0 Å². The molecule has 0 aliphatic heterocycles. The van der Waals surface area contributed by atoms with Crippen molar-refractivity contribution in [1.29, 1.82) is 5.26 Å². The van der Waals surface area contributed by atoms with Crippen molar-refractivity contribution in [2.24, 2.45) is 0 Å². The van der Waals surface area contributed by atoms with Crippen LogP contribution in [0.1, 0.15) is 5.56 Å². The van der Waals surface area contributed by atoms with E-state index >= 15 is 0 Å². The number of halogens is 1. The molecule has 0 amide bonds. The first-order valence-corrected chi connectivity index (χ1v) is 9.82. The van der Waals surface area contributed by atoms with Crippen molar-refractivity contribution >= 4 is 44.2 Å². The molecule has 4 rings (SSSR count). The van der Waals surface area contributed by atoms with Gasteiger partial charge in [-0.2, -0.15) is 19.9 Å². The molecule has 132 valence electrons. The van der Waals surface area contributed by atoms with Gasteiger partial charge in [-0.15, -0.1) is 0 Å². The maximum Gasteiger partial charge on any atom is 0.300 e. The maximum absolute atomic E-state index is 12.7. The van der Waals surface area contributed by atoms with E-state index in [2.05, 4.69) is 37.1 Å². The first-order chi connectivity index (χ1) is 13.1. The lowest BCUT2D eigenvalue weighted by Gasteiger charge is -2.10. The van der Waals surface area contributed by atoms with Crippen LogP contribution in [-0.2, 0) is 0 Å². The normalized spacial score (nSPS) is 11.0. The third-order valence-corrected chi connectivity index (χ3v) is 5.29. The van der Waals surface area contributed by atoms with E-state index in [-0.39, 0.29) is 11.4 Å². The highest BCUT2D eigenvalue weighted by Crippen LogP contribution is 2.26. The van der Waals surface area contributed by atoms with Gasteiger partial charge in [0.15, 0.2) is 16.5 Å². The first kappa shape index (κ1) is 17.6. The zero-order valence-corrected chi connectivity index (χ0v) is 16.6. The Hall–Kier alpha value is -2.76. The van der Waals surface area contributed by atoms with Gasteiger partial charge in [0, 0.05) is 15.4 Å². The molecule has 8 heteroatoms. The van der Waals surface area contributed by atoms with Crippen LogP contribution in [0.4, 0.5) is 0 Å². The number of fused-ring (bicyclic) bond motifs is 3. The van der Waals surface area contributed by atoms with Crippen LogP contribution in [-0.4, -0.2) is 25.3 Å². The molecule has 2 heterocycles. The van der Waals surface area contributed by atoms with Crippen LogP contribution in [0.2, 0.25) is 0 Å². The van der Waals surface area contributed by atoms with E-state index in [1.165, 1.54) is 11.8 Å². The van der Waals surface area contributed by atoms with E-state index in [1.807, 2.05) is 49.4 Å². The minimum Gasteiger partial charge on any atom is -0.265 e. The summed E-state index contributed by atoms with van der Waals surface area (Å²) in [5.74, 6) is 0.220. The van der Waals surface area contributed by atoms with Crippen LogP contribution in [0, 0.1) is 18.3 Å². The summed E-state index contributed by atoms with van der Waals surface area (Å²) in [6.45, 7) is 1.98. The Morgan fingerprint density at radius 3 is 2.70 bits per heavy atom. The lowest BCUT2D eigenvalue weighted by molar-refractivity contribution is 0.770. The molecule has 0 saturated carbocycles. The fourth-order valence-corrected chi connectivity index (χ4v) is 3.68. The van der Waals surface area contributed by atoms with E-state index in [0.29, 0.717) is 27.3 Å². The lowest BCUT2D eigenvalue weighted by Crippen LogP contribution is -2.17. The van der Waals surface area contributed by atoms with Gasteiger partial charge in [-0.1, -0.05) is 57.5 Å². The predicted molar refractivity (Wildman–Crippen MR) is 109 cm³/mol. The van der Waals surface area contributed by atoms with Crippen molar-refractivity contribution in [3.8, 4) is 17.3 Å². The Morgan fingerprint density at radius 2 is 1.96 bits per heavy atom. The van der Waals surface area contributed by atoms with Crippen LogP contribution in [0.3, 0.4) is 0 Å². The summed E-state index contributed by atoms with van der Waals surface area (Å²) in [7, 11) is 0. The first-order valence-electron chi connectivity index (χ1n) is 8.04. The summed E-state index contributed by atoms with van der Waals surface area (Å²) < 4.78 is 2.40. The standard InChI is InChI=1S/C19H12BrN5OS/c1-11-2-4-12(5-3-11)16-18(26)23-17-14-10-13(20)6-7-15(14)22-19(25(17)24-16)27-9-8-21/h2-7,10H,9H2,1H3. The summed E-state index contributed by atoms with van der Waals surface area (Å²) in [5.41, 5.74) is 2.75. The fourth-order valence-electron chi connectivity index (χ4n) is 2.71. The number of benzene rings is 2. The van der Waals surface area contributed by atoms with Crippen LogP contribution >= 0.6 is 27.7 Å². The molecule has 0 N–H and O–H groups in total. The topological polar surface area (TPSA) is 83.9 Å². The number of rotatable bonds is 3. The van der Waals surface area contributed by atoms with Crippen LogP contribution < -0.4 is 5.56 Å². The number of nitriles is 1. The summed E-state index contributed by atoms with van der Waals surface area (Å²) >= 11 is 4.70. The van der Waals surface area contributed by atoms with Gasteiger partial charge in [-0.05, 0) is 25.1 Å². The SMILES string of the molecule is Cc1ccc(-c2nn3c(SCC#N)nc4ccc(Br)cc4c3nc2=O)cc1. The number of nitrogens with zero attached hydrogens (tertiary/aromatic N) is 5. The second kappa shape index (κ2) is 7.10. The Morgan fingerprint density at radius 1 is 1.19 bits per heavy atom. The van der Waals surface area contributed by atoms with Gasteiger partial charge in [-0.3, -0.25) is 4.79 Å². The van der Waals surface area contributed by atoms with Gasteiger partial charge in [0.25, 0.3) is 5.56 Å². The molecular weight excluding hydrogens is 426 g/mol. The quantitative estimate of drug-likeness (QED) is 0.273. The fraction of sp³-hybridized carbons (Fsp3) is 0.105. The van der Waals surface area contributed by atoms with Gasteiger partial charge in [0.1, 0.15) is 0 Å². The van der Waals surface area contributed by atoms with Crippen molar-refractivity contribution in [2.75, 3.05) is 5.75 Å². The van der Waals surface area contributed by atoms with Crippen molar-refractivity contribution in [3.05, 3.63) is 62.9 Å². The van der Waals surface area contributed by atoms with Gasteiger partial charge in [0.05, 0.1) is 17.3 Å². The summed E-state index contributed by atoms with van der Waals surface area (Å²) in [5, 5.41) is 14.7. The largest absolute Gasteiger partial charge is 0.300 e. The molecule has 0 fully saturated rings. The van der Waals surface area contributed by atoms with Crippen molar-refractivity contribution < 1.29 is 0 Å². The third-order valence-electron chi connectivity index (χ3n) is 4.00. The number of thioether (sulfide) groups is 1. The molecule has 0 spiro atoms. The van der Waals surface area contributed by atoms with E-state index in [9.17, 15) is 4.79 Å². The number of hydrogen-bond acceptors (Lipinski definition) is 6. The number of aromatic nitrogens is 4. The van der Waals surface area contributed by atoms with Crippen molar-refractivity contribution in [1.82, 2.24) is 19.6 Å². The highest BCUT2D eigenvalue weighted by Gasteiger charge is 2.15. The minimum atomic E-state index is -0.400. The third kappa shape index (κ3) is 3.31. The zero-order valence-electron chi connectivity index (χ0n) is 14.2. The van der Waals surface area contributed by atoms with E-state index < -0.39 is 5.56 Å². The Labute approximate surface area is 167 Å². The van der Waals surface area contributed by atoms with E-state index in [0.717, 1.165) is 10.0 Å². The number of hydrogen-bond donors (Lipinski definition) is 0. The second-order valence-electron chi connectivity index (χ2n) is 5.87. The molecule has 0 aliphatic carbocycles. The highest BCUT2D eigenvalue weighted by atomic mass is 79.9. The predicted octanol–water partition coefficient (Wildman–Crippen LogP) is 3.99. The van der Waals surface area contributed by atoms with Crippen molar-refractivity contribution in [2.45, 2.75) is 12.1 Å². The van der Waals surface area contributed by atoms with E-state index in [4.69, 9.17) is 5.26 Å². The monoisotopic (exact) mass is 437 g/mol. The van der Waals surface area contributed by atoms with Gasteiger partial charge in [-0.25, -0.2) is 4.98 Å². The summed E-state index contributed by atoms with van der Waals surface area (Å²) in [4.78, 5) is 21.6. The van der Waals surface area contributed by atoms with Crippen LogP contribution in [0.15, 0.2) is 56.9 Å². The molecule has 0 aliphatic rings. The molecule has 27 heavy (non-hydrogen) atoms. The molecule has 0 bridgehead atoms.